The number of aryl methyl sites for hydroxylation is 2. The summed E-state index contributed by atoms with van der Waals surface area (Å²) in [6.45, 7) is 7.48. The van der Waals surface area contributed by atoms with Crippen molar-refractivity contribution in [3.8, 4) is 0 Å². The highest BCUT2D eigenvalue weighted by atomic mass is 32.1. The van der Waals surface area contributed by atoms with Crippen molar-refractivity contribution in [1.82, 2.24) is 10.5 Å². The third-order valence-electron chi connectivity index (χ3n) is 3.80. The normalized spacial score (nSPS) is 15.3. The van der Waals surface area contributed by atoms with E-state index in [0.717, 1.165) is 21.9 Å². The molecule has 0 fully saturated rings. The van der Waals surface area contributed by atoms with Gasteiger partial charge in [0.2, 0.25) is 5.91 Å². The van der Waals surface area contributed by atoms with E-state index in [1.165, 1.54) is 11.3 Å². The molecule has 0 aliphatic rings. The second-order valence-electron chi connectivity index (χ2n) is 5.88. The summed E-state index contributed by atoms with van der Waals surface area (Å²) in [5, 5.41) is 19.1. The van der Waals surface area contributed by atoms with Gasteiger partial charge in [-0.15, -0.1) is 11.3 Å². The first-order chi connectivity index (χ1) is 10.3. The lowest BCUT2D eigenvalue weighted by molar-refractivity contribution is -0.125. The monoisotopic (exact) mass is 322 g/mol. The number of nitrogens with zero attached hydrogens (tertiary/aromatic N) is 1. The van der Waals surface area contributed by atoms with Crippen molar-refractivity contribution < 1.29 is 14.4 Å². The number of rotatable bonds is 6. The Balaban J connectivity index is 1.92. The Hall–Kier alpha value is -1.66. The number of hydrogen-bond acceptors (Lipinski definition) is 5. The summed E-state index contributed by atoms with van der Waals surface area (Å²) in [5.41, 5.74) is 0.752. The molecule has 0 radical (unpaired) electrons. The van der Waals surface area contributed by atoms with E-state index < -0.39 is 5.60 Å². The maximum Gasteiger partial charge on any atom is 0.223 e. The minimum atomic E-state index is -1.05. The van der Waals surface area contributed by atoms with Crippen LogP contribution in [0.1, 0.15) is 35.7 Å². The Bertz CT molecular complexity index is 612. The van der Waals surface area contributed by atoms with E-state index >= 15 is 0 Å². The smallest absolute Gasteiger partial charge is 0.223 e. The van der Waals surface area contributed by atoms with Crippen LogP contribution in [0.2, 0.25) is 0 Å². The number of thiophene rings is 1. The third kappa shape index (κ3) is 3.75. The van der Waals surface area contributed by atoms with Crippen LogP contribution in [-0.4, -0.2) is 22.7 Å². The SMILES string of the molecule is Cc1noc(C)c1CC(C)C(=O)NCC(C)(O)c1cccs1. The predicted molar refractivity (Wildman–Crippen MR) is 85.7 cm³/mol. The zero-order valence-electron chi connectivity index (χ0n) is 13.3. The zero-order valence-corrected chi connectivity index (χ0v) is 14.2. The molecule has 0 aromatic carbocycles. The first-order valence-corrected chi connectivity index (χ1v) is 8.15. The van der Waals surface area contributed by atoms with Crippen LogP contribution in [0.5, 0.6) is 0 Å². The van der Waals surface area contributed by atoms with Gasteiger partial charge in [-0.05, 0) is 38.6 Å². The van der Waals surface area contributed by atoms with E-state index in [1.807, 2.05) is 38.3 Å². The predicted octanol–water partition coefficient (Wildman–Crippen LogP) is 2.56. The van der Waals surface area contributed by atoms with E-state index in [1.54, 1.807) is 6.92 Å². The van der Waals surface area contributed by atoms with Crippen LogP contribution >= 0.6 is 11.3 Å². The molecule has 2 aromatic heterocycles. The first kappa shape index (κ1) is 16.7. The number of carbonyl (C=O) groups excluding carboxylic acids is 1. The van der Waals surface area contributed by atoms with Crippen LogP contribution in [0.25, 0.3) is 0 Å². The van der Waals surface area contributed by atoms with Crippen LogP contribution in [0.15, 0.2) is 22.0 Å². The molecule has 0 aliphatic carbocycles. The van der Waals surface area contributed by atoms with E-state index in [2.05, 4.69) is 10.5 Å². The van der Waals surface area contributed by atoms with Gasteiger partial charge in [0.15, 0.2) is 0 Å². The first-order valence-electron chi connectivity index (χ1n) is 7.27. The number of aliphatic hydroxyl groups is 1. The summed E-state index contributed by atoms with van der Waals surface area (Å²) in [6.07, 6.45) is 0.578. The number of amides is 1. The largest absolute Gasteiger partial charge is 0.383 e. The van der Waals surface area contributed by atoms with Crippen LogP contribution in [0.3, 0.4) is 0 Å². The van der Waals surface area contributed by atoms with Gasteiger partial charge in [0.05, 0.1) is 12.2 Å². The lowest BCUT2D eigenvalue weighted by Gasteiger charge is -2.23. The minimum Gasteiger partial charge on any atom is -0.383 e. The molecule has 2 aromatic rings. The van der Waals surface area contributed by atoms with Gasteiger partial charge in [0, 0.05) is 16.4 Å². The Morgan fingerprint density at radius 2 is 2.27 bits per heavy atom. The summed E-state index contributed by atoms with van der Waals surface area (Å²) in [5.74, 6) is 0.454. The molecular weight excluding hydrogens is 300 g/mol. The van der Waals surface area contributed by atoms with Gasteiger partial charge in [-0.25, -0.2) is 0 Å². The molecule has 0 aliphatic heterocycles. The molecule has 1 amide bonds. The molecule has 2 unspecified atom stereocenters. The van der Waals surface area contributed by atoms with Crippen molar-refractivity contribution >= 4 is 17.2 Å². The molecule has 0 bridgehead atoms. The van der Waals surface area contributed by atoms with E-state index in [0.29, 0.717) is 6.42 Å². The number of hydrogen-bond donors (Lipinski definition) is 2. The quantitative estimate of drug-likeness (QED) is 0.857. The highest BCUT2D eigenvalue weighted by Crippen LogP contribution is 2.24. The van der Waals surface area contributed by atoms with Gasteiger partial charge in [-0.3, -0.25) is 4.79 Å². The summed E-state index contributed by atoms with van der Waals surface area (Å²) in [7, 11) is 0. The third-order valence-corrected chi connectivity index (χ3v) is 4.92. The Labute approximate surface area is 134 Å². The van der Waals surface area contributed by atoms with Crippen LogP contribution in [-0.2, 0) is 16.8 Å². The maximum atomic E-state index is 12.2. The molecule has 22 heavy (non-hydrogen) atoms. The second kappa shape index (κ2) is 6.62. The van der Waals surface area contributed by atoms with Gasteiger partial charge >= 0.3 is 0 Å². The number of carbonyl (C=O) groups is 1. The van der Waals surface area contributed by atoms with E-state index in [4.69, 9.17) is 4.52 Å². The average Bonchev–Trinajstić information content (AvgIpc) is 3.10. The van der Waals surface area contributed by atoms with Crippen LogP contribution < -0.4 is 5.32 Å². The lowest BCUT2D eigenvalue weighted by Crippen LogP contribution is -2.40. The summed E-state index contributed by atoms with van der Waals surface area (Å²) in [6, 6.07) is 3.75. The Kier molecular flexibility index (Phi) is 5.03. The molecular formula is C16H22N2O3S. The maximum absolute atomic E-state index is 12.2. The fourth-order valence-electron chi connectivity index (χ4n) is 2.30. The number of aromatic nitrogens is 1. The summed E-state index contributed by atoms with van der Waals surface area (Å²) >= 11 is 1.48. The minimum absolute atomic E-state index is 0.0863. The van der Waals surface area contributed by atoms with Gasteiger partial charge in [-0.1, -0.05) is 18.1 Å². The van der Waals surface area contributed by atoms with E-state index in [9.17, 15) is 9.90 Å². The van der Waals surface area contributed by atoms with Crippen molar-refractivity contribution in [2.45, 2.75) is 39.7 Å². The lowest BCUT2D eigenvalue weighted by atomic mass is 9.98. The molecule has 6 heteroatoms. The second-order valence-corrected chi connectivity index (χ2v) is 6.82. The molecule has 0 spiro atoms. The highest BCUT2D eigenvalue weighted by Gasteiger charge is 2.26. The molecule has 5 nitrogen and oxygen atoms in total. The van der Waals surface area contributed by atoms with Crippen LogP contribution in [0, 0.1) is 19.8 Å². The van der Waals surface area contributed by atoms with E-state index in [-0.39, 0.29) is 18.4 Å². The van der Waals surface area contributed by atoms with Gasteiger partial charge < -0.3 is 14.9 Å². The fraction of sp³-hybridized carbons (Fsp3) is 0.500. The van der Waals surface area contributed by atoms with Crippen molar-refractivity contribution in [3.63, 3.8) is 0 Å². The van der Waals surface area contributed by atoms with Gasteiger partial charge in [0.1, 0.15) is 11.4 Å². The molecule has 0 saturated heterocycles. The fourth-order valence-corrected chi connectivity index (χ4v) is 3.08. The Morgan fingerprint density at radius 1 is 1.55 bits per heavy atom. The van der Waals surface area contributed by atoms with Crippen molar-refractivity contribution in [2.24, 2.45) is 5.92 Å². The molecule has 2 rings (SSSR count). The van der Waals surface area contributed by atoms with Gasteiger partial charge in [-0.2, -0.15) is 0 Å². The molecule has 2 atom stereocenters. The highest BCUT2D eigenvalue weighted by molar-refractivity contribution is 7.10. The van der Waals surface area contributed by atoms with Crippen molar-refractivity contribution in [1.29, 1.82) is 0 Å². The van der Waals surface area contributed by atoms with Crippen molar-refractivity contribution in [3.05, 3.63) is 39.4 Å². The van der Waals surface area contributed by atoms with Gasteiger partial charge in [0.25, 0.3) is 0 Å². The van der Waals surface area contributed by atoms with Crippen LogP contribution in [0.4, 0.5) is 0 Å². The zero-order chi connectivity index (χ0) is 16.3. The summed E-state index contributed by atoms with van der Waals surface area (Å²) in [4.78, 5) is 13.1. The molecule has 2 heterocycles. The number of nitrogens with one attached hydrogen (secondary N) is 1. The average molecular weight is 322 g/mol. The standard InChI is InChI=1S/C16H22N2O3S/c1-10(8-13-11(2)18-21-12(13)3)15(19)17-9-16(4,20)14-6-5-7-22-14/h5-7,10,20H,8-9H2,1-4H3,(H,17,19). The van der Waals surface area contributed by atoms with Crippen molar-refractivity contribution in [2.75, 3.05) is 6.54 Å². The summed E-state index contributed by atoms with van der Waals surface area (Å²) < 4.78 is 5.12. The molecule has 120 valence electrons. The topological polar surface area (TPSA) is 75.4 Å². The molecule has 2 N–H and O–H groups in total. The molecule has 0 saturated carbocycles. The Morgan fingerprint density at radius 3 is 2.82 bits per heavy atom.